The molecule has 1 aliphatic rings. The Kier molecular flexibility index (Phi) is 6.80. The lowest BCUT2D eigenvalue weighted by Crippen LogP contribution is -2.42. The molecule has 0 spiro atoms. The second-order valence-electron chi connectivity index (χ2n) is 4.91. The molecule has 6 heteroatoms. The Bertz CT molecular complexity index is 460. The summed E-state index contributed by atoms with van der Waals surface area (Å²) in [6.45, 7) is 2.21. The van der Waals surface area contributed by atoms with Gasteiger partial charge in [0.25, 0.3) is 5.91 Å². The first-order valence-electron chi connectivity index (χ1n) is 7.23. The molecule has 1 aromatic carbocycles. The fourth-order valence-corrected chi connectivity index (χ4v) is 2.95. The van der Waals surface area contributed by atoms with Gasteiger partial charge in [0.15, 0.2) is 12.8 Å². The molecular weight excluding hydrogens is 289 g/mol. The van der Waals surface area contributed by atoms with Crippen molar-refractivity contribution in [2.75, 3.05) is 39.1 Å². The number of nitrogens with zero attached hydrogens (tertiary/aromatic N) is 1. The van der Waals surface area contributed by atoms with E-state index in [-0.39, 0.29) is 12.5 Å². The minimum Gasteiger partial charge on any atom is -0.378 e. The number of carbonyl (C=O) groups is 1. The molecule has 0 aliphatic carbocycles. The van der Waals surface area contributed by atoms with Gasteiger partial charge in [-0.2, -0.15) is 0 Å². The number of hydrogen-bond donors (Lipinski definition) is 0. The minimum atomic E-state index is -1.76. The van der Waals surface area contributed by atoms with Gasteiger partial charge in [-0.25, -0.2) is 0 Å². The van der Waals surface area contributed by atoms with Gasteiger partial charge in [-0.3, -0.25) is 4.79 Å². The summed E-state index contributed by atoms with van der Waals surface area (Å²) in [7, 11) is -1.76. The van der Waals surface area contributed by atoms with Crippen LogP contribution in [-0.2, 0) is 25.0 Å². The van der Waals surface area contributed by atoms with Crippen LogP contribution in [0.25, 0.3) is 0 Å². The number of hydrogen-bond acceptors (Lipinski definition) is 4. The number of aryl methyl sites for hydroxylation is 1. The number of ether oxygens (including phenoxy) is 1. The van der Waals surface area contributed by atoms with Gasteiger partial charge in [-0.05, 0) is 23.0 Å². The van der Waals surface area contributed by atoms with E-state index >= 15 is 0 Å². The predicted molar refractivity (Wildman–Crippen MR) is 80.6 cm³/mol. The van der Waals surface area contributed by atoms with Crippen LogP contribution in [0.2, 0.25) is 0 Å². The predicted octanol–water partition coefficient (Wildman–Crippen LogP) is 2.24. The fourth-order valence-electron chi connectivity index (χ4n) is 2.15. The Hall–Kier alpha value is -1.29. The van der Waals surface area contributed by atoms with E-state index in [0.717, 1.165) is 12.8 Å². The summed E-state index contributed by atoms with van der Waals surface area (Å²) in [6, 6.07) is 10.1. The molecule has 21 heavy (non-hydrogen) atoms. The van der Waals surface area contributed by atoms with Crippen molar-refractivity contribution in [2.45, 2.75) is 12.8 Å². The Balaban J connectivity index is 1.60. The molecule has 0 bridgehead atoms. The number of rotatable bonds is 7. The topological polar surface area (TPSA) is 55.8 Å². The van der Waals surface area contributed by atoms with Crippen molar-refractivity contribution in [3.05, 3.63) is 35.9 Å². The highest BCUT2D eigenvalue weighted by Gasteiger charge is 2.23. The van der Waals surface area contributed by atoms with Gasteiger partial charge in [-0.1, -0.05) is 30.3 Å². The van der Waals surface area contributed by atoms with Crippen LogP contribution in [0.15, 0.2) is 30.3 Å². The molecule has 0 N–H and O–H groups in total. The van der Waals surface area contributed by atoms with E-state index in [9.17, 15) is 9.36 Å². The molecule has 0 aromatic heterocycles. The molecule has 5 nitrogen and oxygen atoms in total. The Morgan fingerprint density at radius 3 is 2.67 bits per heavy atom. The zero-order chi connectivity index (χ0) is 14.9. The normalized spacial score (nSPS) is 15.8. The van der Waals surface area contributed by atoms with Crippen LogP contribution in [0.3, 0.4) is 0 Å². The molecule has 1 amide bonds. The zero-order valence-electron chi connectivity index (χ0n) is 12.1. The van der Waals surface area contributed by atoms with Crippen LogP contribution >= 0.6 is 8.03 Å². The van der Waals surface area contributed by atoms with Gasteiger partial charge in [0.05, 0.1) is 13.2 Å². The maximum absolute atomic E-state index is 11.8. The highest BCUT2D eigenvalue weighted by molar-refractivity contribution is 7.39. The summed E-state index contributed by atoms with van der Waals surface area (Å²) in [5.41, 5.74) is 1.23. The zero-order valence-corrected chi connectivity index (χ0v) is 13.0. The third-order valence-corrected chi connectivity index (χ3v) is 4.44. The summed E-state index contributed by atoms with van der Waals surface area (Å²) >= 11 is 0. The van der Waals surface area contributed by atoms with E-state index in [1.54, 1.807) is 4.90 Å². The molecule has 0 radical (unpaired) electrons. The molecule has 1 saturated heterocycles. The third kappa shape index (κ3) is 5.92. The van der Waals surface area contributed by atoms with Crippen LogP contribution in [0, 0.1) is 0 Å². The summed E-state index contributed by atoms with van der Waals surface area (Å²) in [4.78, 5) is 13.5. The molecule has 114 valence electrons. The lowest BCUT2D eigenvalue weighted by atomic mass is 10.1. The van der Waals surface area contributed by atoms with E-state index in [1.807, 2.05) is 18.2 Å². The van der Waals surface area contributed by atoms with E-state index in [1.165, 1.54) is 5.56 Å². The Morgan fingerprint density at radius 2 is 1.95 bits per heavy atom. The summed E-state index contributed by atoms with van der Waals surface area (Å²) in [5.74, 6) is -0.107. The second kappa shape index (κ2) is 8.88. The largest absolute Gasteiger partial charge is 0.508 e. The van der Waals surface area contributed by atoms with Gasteiger partial charge < -0.3 is 9.64 Å². The lowest BCUT2D eigenvalue weighted by Gasteiger charge is -2.25. The van der Waals surface area contributed by atoms with Crippen molar-refractivity contribution in [3.63, 3.8) is 0 Å². The maximum Gasteiger partial charge on any atom is 0.508 e. The highest BCUT2D eigenvalue weighted by atomic mass is 31.1. The SMILES string of the molecule is O=C(CO[P+](=O)CCCc1ccccc1)N1CCOCC1. The smallest absolute Gasteiger partial charge is 0.378 e. The van der Waals surface area contributed by atoms with Crippen LogP contribution in [0.5, 0.6) is 0 Å². The number of carbonyl (C=O) groups excluding carboxylic acids is 1. The standard InChI is InChI=1S/C15H21NO4P/c17-15(16-8-10-19-11-9-16)13-20-21(18)12-4-7-14-5-2-1-3-6-14/h1-3,5-6H,4,7-13H2/q+1. The average molecular weight is 310 g/mol. The minimum absolute atomic E-state index is 0.0967. The Labute approximate surface area is 126 Å². The van der Waals surface area contributed by atoms with E-state index < -0.39 is 8.03 Å². The maximum atomic E-state index is 11.8. The summed E-state index contributed by atoms with van der Waals surface area (Å²) < 4.78 is 22.1. The molecule has 1 aromatic rings. The van der Waals surface area contributed by atoms with Gasteiger partial charge in [0, 0.05) is 13.1 Å². The summed E-state index contributed by atoms with van der Waals surface area (Å²) in [6.07, 6.45) is 2.16. The first kappa shape index (κ1) is 16.1. The quantitative estimate of drug-likeness (QED) is 0.725. The molecular formula is C15H21NO4P+. The van der Waals surface area contributed by atoms with Crippen molar-refractivity contribution >= 4 is 13.9 Å². The van der Waals surface area contributed by atoms with Gasteiger partial charge in [0.1, 0.15) is 0 Å². The molecule has 0 saturated carbocycles. The monoisotopic (exact) mass is 310 g/mol. The lowest BCUT2D eigenvalue weighted by molar-refractivity contribution is -0.137. The van der Waals surface area contributed by atoms with Gasteiger partial charge in [-0.15, -0.1) is 4.52 Å². The molecule has 1 aliphatic heterocycles. The van der Waals surface area contributed by atoms with Gasteiger partial charge >= 0.3 is 8.03 Å². The second-order valence-corrected chi connectivity index (χ2v) is 6.28. The van der Waals surface area contributed by atoms with E-state index in [0.29, 0.717) is 32.5 Å². The molecule has 1 heterocycles. The van der Waals surface area contributed by atoms with Crippen molar-refractivity contribution in [1.29, 1.82) is 0 Å². The van der Waals surface area contributed by atoms with Crippen molar-refractivity contribution in [1.82, 2.24) is 4.90 Å². The summed E-state index contributed by atoms with van der Waals surface area (Å²) in [5, 5.41) is 0. The van der Waals surface area contributed by atoms with Crippen molar-refractivity contribution in [2.24, 2.45) is 0 Å². The van der Waals surface area contributed by atoms with Crippen molar-refractivity contribution < 1.29 is 18.6 Å². The molecule has 1 unspecified atom stereocenters. The van der Waals surface area contributed by atoms with E-state index in [2.05, 4.69) is 12.1 Å². The van der Waals surface area contributed by atoms with Gasteiger partial charge in [0.2, 0.25) is 0 Å². The number of morpholine rings is 1. The third-order valence-electron chi connectivity index (χ3n) is 3.34. The first-order valence-corrected chi connectivity index (χ1v) is 8.59. The molecule has 2 rings (SSSR count). The van der Waals surface area contributed by atoms with Crippen LogP contribution < -0.4 is 0 Å². The molecule has 1 fully saturated rings. The van der Waals surface area contributed by atoms with Crippen LogP contribution in [0.1, 0.15) is 12.0 Å². The first-order chi connectivity index (χ1) is 10.3. The van der Waals surface area contributed by atoms with Crippen LogP contribution in [-0.4, -0.2) is 49.9 Å². The Morgan fingerprint density at radius 1 is 1.24 bits per heavy atom. The molecule has 1 atom stereocenters. The number of amides is 1. The van der Waals surface area contributed by atoms with E-state index in [4.69, 9.17) is 9.26 Å². The highest BCUT2D eigenvalue weighted by Crippen LogP contribution is 2.24. The van der Waals surface area contributed by atoms with Crippen LogP contribution in [0.4, 0.5) is 0 Å². The van der Waals surface area contributed by atoms with Crippen molar-refractivity contribution in [3.8, 4) is 0 Å². The number of benzene rings is 1. The fraction of sp³-hybridized carbons (Fsp3) is 0.533. The average Bonchev–Trinajstić information content (AvgIpc) is 2.54.